The van der Waals surface area contributed by atoms with Crippen LogP contribution < -0.4 is 0 Å². The fourth-order valence-corrected chi connectivity index (χ4v) is 2.54. The van der Waals surface area contributed by atoms with Gasteiger partial charge in [-0.3, -0.25) is 33.6 Å². The van der Waals surface area contributed by atoms with Crippen LogP contribution in [0.2, 0.25) is 0 Å². The van der Waals surface area contributed by atoms with Crippen molar-refractivity contribution in [2.24, 2.45) is 0 Å². The molecule has 0 N–H and O–H groups in total. The van der Waals surface area contributed by atoms with Crippen molar-refractivity contribution in [2.45, 2.75) is 72.1 Å². The van der Waals surface area contributed by atoms with E-state index >= 15 is 0 Å². The summed E-state index contributed by atoms with van der Waals surface area (Å²) in [6.07, 6.45) is -8.66. The lowest BCUT2D eigenvalue weighted by atomic mass is 9.98. The molecule has 0 aliphatic carbocycles. The highest BCUT2D eigenvalue weighted by atomic mass is 16.6. The SMILES string of the molecule is CC(=O)OC[C@H](OC(C)=O)[C@@H](OC(C)=O)[C@H](OC(C)=O)[C@H](OC(C)=O)[C@@H](C=O)OC(C)=O. The minimum Gasteiger partial charge on any atom is -0.462 e. The van der Waals surface area contributed by atoms with E-state index in [-0.39, 0.29) is 6.29 Å². The second kappa shape index (κ2) is 13.7. The molecule has 0 saturated heterocycles. The number of hydrogen-bond acceptors (Lipinski definition) is 13. The summed E-state index contributed by atoms with van der Waals surface area (Å²) in [6.45, 7) is 5.25. The predicted molar refractivity (Wildman–Crippen MR) is 100 cm³/mol. The third-order valence-electron chi connectivity index (χ3n) is 3.45. The Hall–Kier alpha value is -3.51. The maximum Gasteiger partial charge on any atom is 0.303 e. The summed E-state index contributed by atoms with van der Waals surface area (Å²) in [5.74, 6) is -5.53. The van der Waals surface area contributed by atoms with Crippen molar-refractivity contribution in [3.8, 4) is 0 Å². The lowest BCUT2D eigenvalue weighted by molar-refractivity contribution is -0.211. The molecule has 0 spiro atoms. The van der Waals surface area contributed by atoms with E-state index in [0.29, 0.717) is 0 Å². The van der Waals surface area contributed by atoms with Gasteiger partial charge in [0.15, 0.2) is 36.8 Å². The summed E-state index contributed by atoms with van der Waals surface area (Å²) >= 11 is 0. The molecule has 0 heterocycles. The van der Waals surface area contributed by atoms with Crippen LogP contribution in [0.3, 0.4) is 0 Å². The largest absolute Gasteiger partial charge is 0.462 e. The van der Waals surface area contributed by atoms with Crippen LogP contribution in [-0.4, -0.2) is 79.2 Å². The van der Waals surface area contributed by atoms with Crippen LogP contribution in [0.5, 0.6) is 0 Å². The van der Waals surface area contributed by atoms with E-state index in [2.05, 4.69) is 0 Å². The molecule has 0 aromatic carbocycles. The van der Waals surface area contributed by atoms with Crippen molar-refractivity contribution >= 4 is 42.1 Å². The Kier molecular flexibility index (Phi) is 12.2. The van der Waals surface area contributed by atoms with Gasteiger partial charge in [-0.15, -0.1) is 0 Å². The maximum atomic E-state index is 11.8. The first-order valence-electron chi connectivity index (χ1n) is 9.23. The van der Waals surface area contributed by atoms with Crippen molar-refractivity contribution in [1.29, 1.82) is 0 Å². The summed E-state index contributed by atoms with van der Waals surface area (Å²) in [7, 11) is 0. The van der Waals surface area contributed by atoms with Crippen molar-refractivity contribution in [3.63, 3.8) is 0 Å². The lowest BCUT2D eigenvalue weighted by Crippen LogP contribution is -2.57. The van der Waals surface area contributed by atoms with Gasteiger partial charge in [0.05, 0.1) is 0 Å². The van der Waals surface area contributed by atoms with E-state index in [1.165, 1.54) is 0 Å². The fourth-order valence-electron chi connectivity index (χ4n) is 2.54. The number of carbonyl (C=O) groups is 7. The van der Waals surface area contributed by atoms with Crippen LogP contribution in [0.15, 0.2) is 0 Å². The van der Waals surface area contributed by atoms with Crippen LogP contribution in [0.4, 0.5) is 0 Å². The van der Waals surface area contributed by atoms with E-state index in [9.17, 15) is 33.6 Å². The Labute approximate surface area is 183 Å². The number of ether oxygens (including phenoxy) is 6. The first-order valence-corrected chi connectivity index (χ1v) is 9.23. The Morgan fingerprint density at radius 2 is 0.969 bits per heavy atom. The second-order valence-corrected chi connectivity index (χ2v) is 6.38. The normalized spacial score (nSPS) is 14.9. The minimum absolute atomic E-state index is 0.100. The second-order valence-electron chi connectivity index (χ2n) is 6.38. The zero-order chi connectivity index (χ0) is 25.0. The van der Waals surface area contributed by atoms with Gasteiger partial charge >= 0.3 is 35.8 Å². The number of carbonyl (C=O) groups excluding carboxylic acids is 7. The first-order chi connectivity index (χ1) is 14.8. The molecule has 0 aromatic heterocycles. The van der Waals surface area contributed by atoms with Crippen LogP contribution >= 0.6 is 0 Å². The van der Waals surface area contributed by atoms with Crippen molar-refractivity contribution in [1.82, 2.24) is 0 Å². The number of rotatable bonds is 12. The molecule has 180 valence electrons. The van der Waals surface area contributed by atoms with Crippen LogP contribution in [0.1, 0.15) is 41.5 Å². The summed E-state index contributed by atoms with van der Waals surface area (Å²) in [6, 6.07) is 0. The predicted octanol–water partition coefficient (Wildman–Crippen LogP) is -0.593. The molecule has 32 heavy (non-hydrogen) atoms. The topological polar surface area (TPSA) is 175 Å². The highest BCUT2D eigenvalue weighted by molar-refractivity contribution is 5.72. The molecule has 0 aliphatic heterocycles. The molecule has 0 unspecified atom stereocenters. The van der Waals surface area contributed by atoms with Crippen LogP contribution in [0, 0.1) is 0 Å². The minimum atomic E-state index is -1.82. The Morgan fingerprint density at radius 3 is 1.34 bits per heavy atom. The summed E-state index contributed by atoms with van der Waals surface area (Å²) in [5.41, 5.74) is 0. The number of aldehydes is 1. The quantitative estimate of drug-likeness (QED) is 0.204. The molecule has 0 bridgehead atoms. The molecule has 13 heteroatoms. The molecule has 0 amide bonds. The summed E-state index contributed by atoms with van der Waals surface area (Å²) in [4.78, 5) is 81.1. The molecule has 5 atom stereocenters. The van der Waals surface area contributed by atoms with Gasteiger partial charge < -0.3 is 28.4 Å². The monoisotopic (exact) mass is 462 g/mol. The number of esters is 6. The molecule has 0 rings (SSSR count). The Morgan fingerprint density at radius 1 is 0.562 bits per heavy atom. The maximum absolute atomic E-state index is 11.8. The summed E-state index contributed by atoms with van der Waals surface area (Å²) < 4.78 is 30.0. The zero-order valence-corrected chi connectivity index (χ0v) is 18.5. The highest BCUT2D eigenvalue weighted by Gasteiger charge is 2.47. The Balaban J connectivity index is 6.58. The van der Waals surface area contributed by atoms with Crippen LogP contribution in [-0.2, 0) is 62.0 Å². The summed E-state index contributed by atoms with van der Waals surface area (Å²) in [5, 5.41) is 0. The molecule has 0 saturated carbocycles. The Bertz CT molecular complexity index is 729. The lowest BCUT2D eigenvalue weighted by Gasteiger charge is -2.36. The van der Waals surface area contributed by atoms with Gasteiger partial charge in [0, 0.05) is 41.5 Å². The van der Waals surface area contributed by atoms with Gasteiger partial charge in [-0.1, -0.05) is 0 Å². The van der Waals surface area contributed by atoms with E-state index in [1.54, 1.807) is 0 Å². The van der Waals surface area contributed by atoms with E-state index < -0.39 is 72.9 Å². The third-order valence-corrected chi connectivity index (χ3v) is 3.45. The first kappa shape index (κ1) is 28.5. The van der Waals surface area contributed by atoms with E-state index in [0.717, 1.165) is 41.5 Å². The van der Waals surface area contributed by atoms with Crippen LogP contribution in [0.25, 0.3) is 0 Å². The van der Waals surface area contributed by atoms with Crippen molar-refractivity contribution in [2.75, 3.05) is 6.61 Å². The molecule has 0 radical (unpaired) electrons. The smallest absolute Gasteiger partial charge is 0.303 e. The van der Waals surface area contributed by atoms with Gasteiger partial charge in [0.25, 0.3) is 0 Å². The average molecular weight is 462 g/mol. The molecule has 13 nitrogen and oxygen atoms in total. The van der Waals surface area contributed by atoms with Gasteiger partial charge in [0.1, 0.15) is 6.61 Å². The molecular formula is C19H26O13. The fraction of sp³-hybridized carbons (Fsp3) is 0.632. The van der Waals surface area contributed by atoms with Gasteiger partial charge in [0.2, 0.25) is 0 Å². The van der Waals surface area contributed by atoms with E-state index in [4.69, 9.17) is 28.4 Å². The highest BCUT2D eigenvalue weighted by Crippen LogP contribution is 2.23. The standard InChI is InChI=1S/C19H26O13/c1-9(21)27-8-16(29-11(3)23)18(31-13(5)25)19(32-14(6)26)17(30-12(4)24)15(7-20)28-10(2)22/h7,15-19H,8H2,1-6H3/t15-,16+,17-,18-,19-/m1/s1. The van der Waals surface area contributed by atoms with Gasteiger partial charge in [-0.25, -0.2) is 0 Å². The molecule has 0 aliphatic rings. The van der Waals surface area contributed by atoms with Gasteiger partial charge in [-0.05, 0) is 0 Å². The van der Waals surface area contributed by atoms with Gasteiger partial charge in [-0.2, -0.15) is 0 Å². The van der Waals surface area contributed by atoms with Crippen molar-refractivity contribution in [3.05, 3.63) is 0 Å². The third kappa shape index (κ3) is 11.0. The van der Waals surface area contributed by atoms with Crippen molar-refractivity contribution < 1.29 is 62.0 Å². The average Bonchev–Trinajstić information content (AvgIpc) is 2.63. The number of hydrogen-bond donors (Lipinski definition) is 0. The zero-order valence-electron chi connectivity index (χ0n) is 18.5. The van der Waals surface area contributed by atoms with E-state index in [1.807, 2.05) is 0 Å². The molecule has 0 aromatic rings. The molecule has 0 fully saturated rings. The molecular weight excluding hydrogens is 436 g/mol.